The highest BCUT2D eigenvalue weighted by atomic mass is 35.5. The van der Waals surface area contributed by atoms with Crippen LogP contribution in [0.5, 0.6) is 0 Å². The molecule has 4 heterocycles. The molecule has 1 atom stereocenters. The fourth-order valence-electron chi connectivity index (χ4n) is 4.70. The third-order valence-corrected chi connectivity index (χ3v) is 8.58. The maximum absolute atomic E-state index is 6.39. The van der Waals surface area contributed by atoms with Crippen LogP contribution in [0.3, 0.4) is 0 Å². The van der Waals surface area contributed by atoms with E-state index in [1.165, 1.54) is 4.88 Å². The summed E-state index contributed by atoms with van der Waals surface area (Å²) in [6.07, 6.45) is 3.76. The van der Waals surface area contributed by atoms with E-state index in [0.717, 1.165) is 64.3 Å². The van der Waals surface area contributed by atoms with Gasteiger partial charge in [0.25, 0.3) is 0 Å². The van der Waals surface area contributed by atoms with Gasteiger partial charge in [-0.3, -0.25) is 9.88 Å². The van der Waals surface area contributed by atoms with Crippen LogP contribution in [0.15, 0.2) is 36.7 Å². The first kappa shape index (κ1) is 21.8. The predicted molar refractivity (Wildman–Crippen MR) is 132 cm³/mol. The Kier molecular flexibility index (Phi) is 5.50. The number of fused-ring (bicyclic) bond motifs is 1. The second kappa shape index (κ2) is 8.08. The van der Waals surface area contributed by atoms with E-state index in [0.29, 0.717) is 0 Å². The number of piperazine rings is 1. The predicted octanol–water partition coefficient (Wildman–Crippen LogP) is 4.50. The highest BCUT2D eigenvalue weighted by molar-refractivity contribution is 7.15. The molecule has 0 saturated carbocycles. The van der Waals surface area contributed by atoms with Crippen molar-refractivity contribution in [2.45, 2.75) is 38.8 Å². The maximum Gasteiger partial charge on any atom is 0.120 e. The number of hydrazine groups is 1. The van der Waals surface area contributed by atoms with Crippen molar-refractivity contribution in [3.63, 3.8) is 0 Å². The Bertz CT molecular complexity index is 1140. The number of aromatic nitrogens is 2. The molecule has 3 aromatic rings. The molecule has 1 saturated heterocycles. The van der Waals surface area contributed by atoms with Gasteiger partial charge in [0.05, 0.1) is 21.8 Å². The Hall–Kier alpha value is -2.03. The quantitative estimate of drug-likeness (QED) is 0.524. The first-order valence-corrected chi connectivity index (χ1v) is 12.2. The summed E-state index contributed by atoms with van der Waals surface area (Å²) in [6.45, 7) is 12.8. The molecule has 8 heteroatoms. The summed E-state index contributed by atoms with van der Waals surface area (Å²) in [6, 6.07) is 8.20. The molecule has 0 amide bonds. The average molecular weight is 469 g/mol. The van der Waals surface area contributed by atoms with E-state index >= 15 is 0 Å². The van der Waals surface area contributed by atoms with Crippen molar-refractivity contribution < 1.29 is 0 Å². The van der Waals surface area contributed by atoms with Crippen LogP contribution in [-0.2, 0) is 11.1 Å². The van der Waals surface area contributed by atoms with Crippen molar-refractivity contribution in [2.75, 3.05) is 31.6 Å². The molecule has 2 aromatic heterocycles. The van der Waals surface area contributed by atoms with Gasteiger partial charge in [0.1, 0.15) is 10.5 Å². The van der Waals surface area contributed by atoms with E-state index in [9.17, 15) is 0 Å². The van der Waals surface area contributed by atoms with Crippen LogP contribution in [-0.4, -0.2) is 41.0 Å². The Morgan fingerprint density at radius 2 is 1.97 bits per heavy atom. The summed E-state index contributed by atoms with van der Waals surface area (Å²) < 4.78 is 0. The van der Waals surface area contributed by atoms with Gasteiger partial charge in [-0.2, -0.15) is 0 Å². The van der Waals surface area contributed by atoms with Crippen LogP contribution in [0, 0.1) is 6.92 Å². The molecule has 1 fully saturated rings. The van der Waals surface area contributed by atoms with Crippen molar-refractivity contribution in [3.05, 3.63) is 63.5 Å². The molecule has 3 N–H and O–H groups in total. The van der Waals surface area contributed by atoms with Crippen LogP contribution < -0.4 is 16.2 Å². The van der Waals surface area contributed by atoms with E-state index < -0.39 is 5.54 Å². The molecule has 32 heavy (non-hydrogen) atoms. The topological polar surface area (TPSA) is 65.1 Å². The standard InChI is InChI=1S/C24H29ClN6S/c1-15-18(25)8-7-17-19(15)29-30-24(17,4)22-28-21(20(32-22)16-6-5-9-27-14-16)23(2,3)31-12-10-26-11-13-31/h5-9,14,26,29-30H,10-13H2,1-4H3. The van der Waals surface area contributed by atoms with E-state index in [2.05, 4.69) is 59.0 Å². The molecular weight excluding hydrogens is 440 g/mol. The Balaban J connectivity index is 1.66. The van der Waals surface area contributed by atoms with Crippen LogP contribution in [0.25, 0.3) is 10.4 Å². The van der Waals surface area contributed by atoms with Gasteiger partial charge < -0.3 is 10.7 Å². The van der Waals surface area contributed by atoms with Crippen LogP contribution in [0.1, 0.15) is 42.6 Å². The number of rotatable bonds is 4. The summed E-state index contributed by atoms with van der Waals surface area (Å²) in [4.78, 5) is 13.4. The van der Waals surface area contributed by atoms with Gasteiger partial charge in [0.15, 0.2) is 0 Å². The molecule has 0 bridgehead atoms. The maximum atomic E-state index is 6.39. The van der Waals surface area contributed by atoms with E-state index in [1.807, 2.05) is 31.5 Å². The molecule has 2 aliphatic heterocycles. The zero-order valence-electron chi connectivity index (χ0n) is 18.9. The van der Waals surface area contributed by atoms with Crippen molar-refractivity contribution in [1.82, 2.24) is 25.6 Å². The number of pyridine rings is 1. The minimum Gasteiger partial charge on any atom is -0.320 e. The third kappa shape index (κ3) is 3.43. The number of thiazole rings is 1. The van der Waals surface area contributed by atoms with Gasteiger partial charge in [-0.25, -0.2) is 10.4 Å². The molecule has 0 radical (unpaired) electrons. The van der Waals surface area contributed by atoms with Crippen LogP contribution in [0.4, 0.5) is 5.69 Å². The van der Waals surface area contributed by atoms with Crippen LogP contribution in [0.2, 0.25) is 5.02 Å². The number of hydrogen-bond donors (Lipinski definition) is 3. The van der Waals surface area contributed by atoms with Gasteiger partial charge in [0.2, 0.25) is 0 Å². The summed E-state index contributed by atoms with van der Waals surface area (Å²) >= 11 is 8.13. The van der Waals surface area contributed by atoms with Gasteiger partial charge in [0, 0.05) is 54.7 Å². The van der Waals surface area contributed by atoms with Crippen molar-refractivity contribution in [2.24, 2.45) is 0 Å². The lowest BCUT2D eigenvalue weighted by Crippen LogP contribution is -2.52. The van der Waals surface area contributed by atoms with Gasteiger partial charge in [-0.1, -0.05) is 23.7 Å². The first-order valence-electron chi connectivity index (χ1n) is 11.0. The molecule has 168 valence electrons. The zero-order chi connectivity index (χ0) is 22.5. The van der Waals surface area contributed by atoms with E-state index in [4.69, 9.17) is 16.6 Å². The number of benzene rings is 1. The van der Waals surface area contributed by atoms with Crippen molar-refractivity contribution >= 4 is 28.6 Å². The molecule has 2 aliphatic rings. The fourth-order valence-corrected chi connectivity index (χ4v) is 6.19. The highest BCUT2D eigenvalue weighted by Crippen LogP contribution is 2.47. The first-order chi connectivity index (χ1) is 15.3. The lowest BCUT2D eigenvalue weighted by atomic mass is 9.91. The normalized spacial score (nSPS) is 21.4. The molecule has 0 aliphatic carbocycles. The highest BCUT2D eigenvalue weighted by Gasteiger charge is 2.43. The largest absolute Gasteiger partial charge is 0.320 e. The Labute approximate surface area is 198 Å². The smallest absolute Gasteiger partial charge is 0.120 e. The molecule has 1 aromatic carbocycles. The lowest BCUT2D eigenvalue weighted by molar-refractivity contribution is 0.0995. The summed E-state index contributed by atoms with van der Waals surface area (Å²) in [7, 11) is 0. The van der Waals surface area contributed by atoms with Crippen molar-refractivity contribution in [1.29, 1.82) is 0 Å². The minimum absolute atomic E-state index is 0.205. The monoisotopic (exact) mass is 468 g/mol. The molecule has 6 nitrogen and oxygen atoms in total. The number of nitrogens with zero attached hydrogens (tertiary/aromatic N) is 3. The SMILES string of the molecule is Cc1c(Cl)ccc2c1NNC2(C)c1nc(C(C)(C)N2CCNCC2)c(-c2cccnc2)s1. The summed E-state index contributed by atoms with van der Waals surface area (Å²) in [5.41, 5.74) is 11.7. The van der Waals surface area contributed by atoms with Crippen molar-refractivity contribution in [3.8, 4) is 10.4 Å². The average Bonchev–Trinajstić information content (AvgIpc) is 3.41. The second-order valence-electron chi connectivity index (χ2n) is 9.20. The second-order valence-corrected chi connectivity index (χ2v) is 10.6. The van der Waals surface area contributed by atoms with E-state index in [1.54, 1.807) is 11.3 Å². The lowest BCUT2D eigenvalue weighted by Gasteiger charge is -2.40. The number of anilines is 1. The Morgan fingerprint density at radius 1 is 1.19 bits per heavy atom. The summed E-state index contributed by atoms with van der Waals surface area (Å²) in [5.74, 6) is 0. The number of halogens is 1. The summed E-state index contributed by atoms with van der Waals surface area (Å²) in [5, 5.41) is 5.26. The van der Waals surface area contributed by atoms with Gasteiger partial charge in [-0.15, -0.1) is 11.3 Å². The molecule has 5 rings (SSSR count). The fraction of sp³-hybridized carbons (Fsp3) is 0.417. The molecule has 0 spiro atoms. The number of hydrogen-bond acceptors (Lipinski definition) is 7. The molecular formula is C24H29ClN6S. The third-order valence-electron chi connectivity index (χ3n) is 6.84. The number of nitrogens with one attached hydrogen (secondary N) is 3. The molecule has 1 unspecified atom stereocenters. The van der Waals surface area contributed by atoms with Gasteiger partial charge in [-0.05, 0) is 45.4 Å². The zero-order valence-corrected chi connectivity index (χ0v) is 20.5. The van der Waals surface area contributed by atoms with Crippen LogP contribution >= 0.6 is 22.9 Å². The minimum atomic E-state index is -0.454. The van der Waals surface area contributed by atoms with Gasteiger partial charge >= 0.3 is 0 Å². The van der Waals surface area contributed by atoms with E-state index in [-0.39, 0.29) is 5.54 Å². The Morgan fingerprint density at radius 3 is 2.69 bits per heavy atom.